The summed E-state index contributed by atoms with van der Waals surface area (Å²) in [7, 11) is 0. The first-order valence-corrected chi connectivity index (χ1v) is 10.4. The molecule has 9 heteroatoms. The maximum atomic E-state index is 11.0. The van der Waals surface area contributed by atoms with Gasteiger partial charge in [0, 0.05) is 16.6 Å². The summed E-state index contributed by atoms with van der Waals surface area (Å²) in [6, 6.07) is 9.92. The number of amides is 1. The number of thiazole rings is 1. The molecule has 7 nitrogen and oxygen atoms in total. The summed E-state index contributed by atoms with van der Waals surface area (Å²) in [6.45, 7) is 1.58. The van der Waals surface area contributed by atoms with Gasteiger partial charge in [-0.2, -0.15) is 0 Å². The van der Waals surface area contributed by atoms with Gasteiger partial charge in [0.05, 0.1) is 22.3 Å². The van der Waals surface area contributed by atoms with Crippen LogP contribution in [0.5, 0.6) is 10.9 Å². The standard InChI is InChI=1S/C19H15BrN4O3S/c20-11-8-13-16-14(9-11)26-6-2-1-5-24(16)17(22-13)10-3-4-15-12(7-10)23-19(28-15)27-18(21)25/h3-4,7-9H,1-2,5-6H2,(H2,21,25). The summed E-state index contributed by atoms with van der Waals surface area (Å²) in [5.41, 5.74) is 8.66. The molecule has 0 spiro atoms. The van der Waals surface area contributed by atoms with Crippen LogP contribution in [0.15, 0.2) is 34.8 Å². The molecule has 1 amide bonds. The van der Waals surface area contributed by atoms with Gasteiger partial charge >= 0.3 is 6.09 Å². The molecule has 142 valence electrons. The van der Waals surface area contributed by atoms with Gasteiger partial charge in [-0.3, -0.25) is 0 Å². The van der Waals surface area contributed by atoms with Crippen molar-refractivity contribution < 1.29 is 14.3 Å². The number of aromatic nitrogens is 3. The van der Waals surface area contributed by atoms with Crippen molar-refractivity contribution in [2.75, 3.05) is 6.61 Å². The number of hydrogen-bond acceptors (Lipinski definition) is 6. The van der Waals surface area contributed by atoms with Gasteiger partial charge in [0.1, 0.15) is 17.1 Å². The summed E-state index contributed by atoms with van der Waals surface area (Å²) < 4.78 is 15.0. The van der Waals surface area contributed by atoms with Crippen molar-refractivity contribution in [2.24, 2.45) is 5.73 Å². The predicted octanol–water partition coefficient (Wildman–Crippen LogP) is 4.71. The molecule has 2 aromatic heterocycles. The minimum Gasteiger partial charge on any atom is -0.491 e. The van der Waals surface area contributed by atoms with Crippen LogP contribution in [0.4, 0.5) is 4.79 Å². The van der Waals surface area contributed by atoms with Gasteiger partial charge in [0.15, 0.2) is 0 Å². The maximum Gasteiger partial charge on any atom is 0.411 e. The van der Waals surface area contributed by atoms with E-state index in [1.54, 1.807) is 0 Å². The van der Waals surface area contributed by atoms with E-state index >= 15 is 0 Å². The lowest BCUT2D eigenvalue weighted by atomic mass is 10.2. The Balaban J connectivity index is 1.68. The number of carbonyl (C=O) groups excluding carboxylic acids is 1. The number of hydrogen-bond donors (Lipinski definition) is 1. The first-order chi connectivity index (χ1) is 13.6. The van der Waals surface area contributed by atoms with Crippen molar-refractivity contribution in [1.82, 2.24) is 14.5 Å². The van der Waals surface area contributed by atoms with Crippen LogP contribution in [0, 0.1) is 0 Å². The summed E-state index contributed by atoms with van der Waals surface area (Å²) in [5, 5.41) is 0.238. The van der Waals surface area contributed by atoms with Crippen LogP contribution in [0.3, 0.4) is 0 Å². The molecule has 2 N–H and O–H groups in total. The van der Waals surface area contributed by atoms with E-state index in [1.807, 2.05) is 30.3 Å². The number of nitrogens with two attached hydrogens (primary N) is 1. The molecule has 0 unspecified atom stereocenters. The predicted molar refractivity (Wildman–Crippen MR) is 111 cm³/mol. The Morgan fingerprint density at radius 3 is 2.96 bits per heavy atom. The number of rotatable bonds is 2. The lowest BCUT2D eigenvalue weighted by Crippen LogP contribution is -2.15. The first-order valence-electron chi connectivity index (χ1n) is 8.79. The SMILES string of the molecule is NC(=O)Oc1nc2cc(-c3nc4cc(Br)cc5c4n3CCCCO5)ccc2s1. The molecule has 0 aliphatic carbocycles. The van der Waals surface area contributed by atoms with E-state index in [0.717, 1.165) is 62.2 Å². The fourth-order valence-corrected chi connectivity index (χ4v) is 4.70. The third kappa shape index (κ3) is 3.00. The molecule has 0 saturated carbocycles. The number of ether oxygens (including phenoxy) is 2. The normalized spacial score (nSPS) is 13.9. The Labute approximate surface area is 172 Å². The summed E-state index contributed by atoms with van der Waals surface area (Å²) >= 11 is 4.83. The first kappa shape index (κ1) is 17.4. The highest BCUT2D eigenvalue weighted by molar-refractivity contribution is 9.10. The molecule has 0 atom stereocenters. The molecule has 2 aromatic carbocycles. The number of primary amides is 1. The van der Waals surface area contributed by atoms with Gasteiger partial charge in [-0.15, -0.1) is 0 Å². The van der Waals surface area contributed by atoms with Gasteiger partial charge in [-0.05, 0) is 43.2 Å². The average Bonchev–Trinajstić information content (AvgIpc) is 3.18. The second-order valence-electron chi connectivity index (χ2n) is 6.50. The van der Waals surface area contributed by atoms with Crippen LogP contribution in [0.2, 0.25) is 0 Å². The fourth-order valence-electron chi connectivity index (χ4n) is 3.47. The zero-order valence-corrected chi connectivity index (χ0v) is 17.0. The average molecular weight is 459 g/mol. The lowest BCUT2D eigenvalue weighted by molar-refractivity contribution is 0.211. The monoisotopic (exact) mass is 458 g/mol. The molecule has 3 heterocycles. The lowest BCUT2D eigenvalue weighted by Gasteiger charge is -2.16. The minimum atomic E-state index is -0.867. The van der Waals surface area contributed by atoms with E-state index in [0.29, 0.717) is 6.61 Å². The number of imidazole rings is 1. The molecule has 5 rings (SSSR count). The van der Waals surface area contributed by atoms with E-state index < -0.39 is 6.09 Å². The third-order valence-electron chi connectivity index (χ3n) is 4.62. The van der Waals surface area contributed by atoms with Crippen molar-refractivity contribution in [3.63, 3.8) is 0 Å². The molecule has 0 fully saturated rings. The molecule has 0 bridgehead atoms. The number of nitrogens with zero attached hydrogens (tertiary/aromatic N) is 3. The van der Waals surface area contributed by atoms with Gasteiger partial charge in [-0.25, -0.2) is 14.8 Å². The molecule has 4 aromatic rings. The number of halogens is 1. The molecular formula is C19H15BrN4O3S. The molecule has 1 aliphatic heterocycles. The zero-order chi connectivity index (χ0) is 19.3. The fraction of sp³-hybridized carbons (Fsp3) is 0.211. The zero-order valence-electron chi connectivity index (χ0n) is 14.6. The van der Waals surface area contributed by atoms with E-state index in [-0.39, 0.29) is 5.19 Å². The van der Waals surface area contributed by atoms with Crippen LogP contribution < -0.4 is 15.2 Å². The molecule has 1 aliphatic rings. The Hall–Kier alpha value is -2.65. The Morgan fingerprint density at radius 1 is 1.21 bits per heavy atom. The Kier molecular flexibility index (Phi) is 4.21. The van der Waals surface area contributed by atoms with E-state index in [4.69, 9.17) is 20.2 Å². The highest BCUT2D eigenvalue weighted by Crippen LogP contribution is 2.37. The highest BCUT2D eigenvalue weighted by atomic mass is 79.9. The molecule has 28 heavy (non-hydrogen) atoms. The topological polar surface area (TPSA) is 92.3 Å². The second-order valence-corrected chi connectivity index (χ2v) is 8.41. The number of benzene rings is 2. The second kappa shape index (κ2) is 6.75. The quantitative estimate of drug-likeness (QED) is 0.469. The summed E-state index contributed by atoms with van der Waals surface area (Å²) in [6.07, 6.45) is 1.14. The highest BCUT2D eigenvalue weighted by Gasteiger charge is 2.20. The molecular weight excluding hydrogens is 444 g/mol. The van der Waals surface area contributed by atoms with Crippen molar-refractivity contribution in [3.05, 3.63) is 34.8 Å². The van der Waals surface area contributed by atoms with Crippen molar-refractivity contribution in [1.29, 1.82) is 0 Å². The minimum absolute atomic E-state index is 0.238. The van der Waals surface area contributed by atoms with Crippen molar-refractivity contribution in [3.8, 4) is 22.3 Å². The van der Waals surface area contributed by atoms with Crippen LogP contribution in [0.25, 0.3) is 32.6 Å². The van der Waals surface area contributed by atoms with Crippen molar-refractivity contribution >= 4 is 54.6 Å². The van der Waals surface area contributed by atoms with Crippen LogP contribution in [0.1, 0.15) is 12.8 Å². The smallest absolute Gasteiger partial charge is 0.411 e. The van der Waals surface area contributed by atoms with Crippen LogP contribution in [-0.4, -0.2) is 27.2 Å². The van der Waals surface area contributed by atoms with E-state index in [2.05, 4.69) is 25.5 Å². The van der Waals surface area contributed by atoms with Crippen LogP contribution >= 0.6 is 27.3 Å². The largest absolute Gasteiger partial charge is 0.491 e. The van der Waals surface area contributed by atoms with E-state index in [9.17, 15) is 4.79 Å². The number of fused-ring (bicyclic) bond motifs is 1. The number of aryl methyl sites for hydroxylation is 1. The molecule has 0 saturated heterocycles. The van der Waals surface area contributed by atoms with Gasteiger partial charge < -0.3 is 19.8 Å². The Morgan fingerprint density at radius 2 is 2.11 bits per heavy atom. The Bertz CT molecular complexity index is 1230. The van der Waals surface area contributed by atoms with Gasteiger partial charge in [0.2, 0.25) is 0 Å². The van der Waals surface area contributed by atoms with Gasteiger partial charge in [-0.1, -0.05) is 27.3 Å². The number of carbonyl (C=O) groups is 1. The molecule has 0 radical (unpaired) electrons. The van der Waals surface area contributed by atoms with Gasteiger partial charge in [0.25, 0.3) is 5.19 Å². The van der Waals surface area contributed by atoms with E-state index in [1.165, 1.54) is 11.3 Å². The third-order valence-corrected chi connectivity index (χ3v) is 5.99. The van der Waals surface area contributed by atoms with Crippen LogP contribution in [-0.2, 0) is 6.54 Å². The summed E-state index contributed by atoms with van der Waals surface area (Å²) in [5.74, 6) is 1.71. The summed E-state index contributed by atoms with van der Waals surface area (Å²) in [4.78, 5) is 20.2. The van der Waals surface area contributed by atoms with Crippen molar-refractivity contribution in [2.45, 2.75) is 19.4 Å². The maximum absolute atomic E-state index is 11.0.